The largest absolute Gasteiger partial charge is 0.478 e. The molecule has 0 saturated heterocycles. The molecule has 2 N–H and O–H groups in total. The Labute approximate surface area is 131 Å². The van der Waals surface area contributed by atoms with Crippen molar-refractivity contribution in [1.82, 2.24) is 0 Å². The molecule has 0 spiro atoms. The molecule has 0 aliphatic heterocycles. The SMILES string of the molecule is CCCCSCC(=O)Nc1c(Cl)cc(Cl)cc1C(=O)O. The van der Waals surface area contributed by atoms with Crippen molar-refractivity contribution < 1.29 is 14.7 Å². The van der Waals surface area contributed by atoms with Crippen molar-refractivity contribution in [1.29, 1.82) is 0 Å². The number of benzene rings is 1. The van der Waals surface area contributed by atoms with Gasteiger partial charge >= 0.3 is 5.97 Å². The van der Waals surface area contributed by atoms with Crippen molar-refractivity contribution in [2.24, 2.45) is 0 Å². The number of carboxylic acids is 1. The van der Waals surface area contributed by atoms with E-state index in [4.69, 9.17) is 28.3 Å². The van der Waals surface area contributed by atoms with Gasteiger partial charge in [0.05, 0.1) is 22.0 Å². The zero-order valence-electron chi connectivity index (χ0n) is 10.9. The van der Waals surface area contributed by atoms with Crippen LogP contribution in [-0.4, -0.2) is 28.5 Å². The molecule has 20 heavy (non-hydrogen) atoms. The lowest BCUT2D eigenvalue weighted by atomic mass is 10.1. The van der Waals surface area contributed by atoms with Crippen LogP contribution in [0.25, 0.3) is 0 Å². The Hall–Kier alpha value is -0.910. The maximum absolute atomic E-state index is 11.8. The van der Waals surface area contributed by atoms with Gasteiger partial charge in [0.1, 0.15) is 0 Å². The smallest absolute Gasteiger partial charge is 0.337 e. The van der Waals surface area contributed by atoms with Crippen LogP contribution in [0.15, 0.2) is 12.1 Å². The van der Waals surface area contributed by atoms with E-state index in [-0.39, 0.29) is 33.0 Å². The summed E-state index contributed by atoms with van der Waals surface area (Å²) in [6.07, 6.45) is 2.11. The number of carbonyl (C=O) groups is 2. The molecule has 0 saturated carbocycles. The maximum Gasteiger partial charge on any atom is 0.337 e. The van der Waals surface area contributed by atoms with Gasteiger partial charge in [0.25, 0.3) is 0 Å². The van der Waals surface area contributed by atoms with Gasteiger partial charge in [-0.25, -0.2) is 4.79 Å². The summed E-state index contributed by atoms with van der Waals surface area (Å²) in [4.78, 5) is 22.9. The number of carbonyl (C=O) groups excluding carboxylic acids is 1. The first kappa shape index (κ1) is 17.1. The van der Waals surface area contributed by atoms with E-state index in [1.54, 1.807) is 0 Å². The lowest BCUT2D eigenvalue weighted by molar-refractivity contribution is -0.113. The lowest BCUT2D eigenvalue weighted by Gasteiger charge is -2.11. The molecule has 0 heterocycles. The number of amides is 1. The average molecular weight is 336 g/mol. The molecule has 4 nitrogen and oxygen atoms in total. The van der Waals surface area contributed by atoms with Gasteiger partial charge in [-0.2, -0.15) is 11.8 Å². The number of nitrogens with one attached hydrogen (secondary N) is 1. The number of carboxylic acid groups (broad SMARTS) is 1. The molecule has 0 unspecified atom stereocenters. The third kappa shape index (κ3) is 5.23. The van der Waals surface area contributed by atoms with E-state index in [9.17, 15) is 9.59 Å². The van der Waals surface area contributed by atoms with Crippen molar-refractivity contribution in [3.05, 3.63) is 27.7 Å². The third-order valence-corrected chi connectivity index (χ3v) is 3.99. The number of thioether (sulfide) groups is 1. The molecule has 0 radical (unpaired) electrons. The second kappa shape index (κ2) is 8.39. The zero-order chi connectivity index (χ0) is 15.1. The Balaban J connectivity index is 2.76. The Kier molecular flexibility index (Phi) is 7.19. The molecule has 1 amide bonds. The van der Waals surface area contributed by atoms with Crippen LogP contribution >= 0.6 is 35.0 Å². The summed E-state index contributed by atoms with van der Waals surface area (Å²) < 4.78 is 0. The molecule has 1 rings (SSSR count). The normalized spacial score (nSPS) is 10.3. The number of hydrogen-bond donors (Lipinski definition) is 2. The van der Waals surface area contributed by atoms with E-state index >= 15 is 0 Å². The predicted molar refractivity (Wildman–Crippen MR) is 84.3 cm³/mol. The quantitative estimate of drug-likeness (QED) is 0.734. The van der Waals surface area contributed by atoms with E-state index in [0.717, 1.165) is 18.6 Å². The molecule has 1 aromatic rings. The van der Waals surface area contributed by atoms with Crippen LogP contribution < -0.4 is 5.32 Å². The molecule has 1 aromatic carbocycles. The highest BCUT2D eigenvalue weighted by Gasteiger charge is 2.17. The molecule has 0 bridgehead atoms. The topological polar surface area (TPSA) is 66.4 Å². The molecule has 0 aliphatic carbocycles. The summed E-state index contributed by atoms with van der Waals surface area (Å²) in [6, 6.07) is 2.66. The first-order chi connectivity index (χ1) is 9.45. The summed E-state index contributed by atoms with van der Waals surface area (Å²) in [6.45, 7) is 2.08. The van der Waals surface area contributed by atoms with E-state index in [1.807, 2.05) is 0 Å². The van der Waals surface area contributed by atoms with Crippen LogP contribution in [0.5, 0.6) is 0 Å². The summed E-state index contributed by atoms with van der Waals surface area (Å²) in [7, 11) is 0. The molecule has 7 heteroatoms. The van der Waals surface area contributed by atoms with Crippen LogP contribution in [0.2, 0.25) is 10.0 Å². The highest BCUT2D eigenvalue weighted by molar-refractivity contribution is 7.99. The number of anilines is 1. The predicted octanol–water partition coefficient (Wildman–Crippen LogP) is 4.16. The minimum Gasteiger partial charge on any atom is -0.478 e. The van der Waals surface area contributed by atoms with Crippen molar-refractivity contribution in [2.75, 3.05) is 16.8 Å². The molecule has 110 valence electrons. The summed E-state index contributed by atoms with van der Waals surface area (Å²) in [5.74, 6) is -0.316. The summed E-state index contributed by atoms with van der Waals surface area (Å²) >= 11 is 13.2. The van der Waals surface area contributed by atoms with Crippen molar-refractivity contribution in [2.45, 2.75) is 19.8 Å². The van der Waals surface area contributed by atoms with Gasteiger partial charge in [-0.1, -0.05) is 36.5 Å². The fourth-order valence-electron chi connectivity index (χ4n) is 1.46. The Morgan fingerprint density at radius 1 is 1.35 bits per heavy atom. The first-order valence-corrected chi connectivity index (χ1v) is 7.96. The highest BCUT2D eigenvalue weighted by atomic mass is 35.5. The minimum absolute atomic E-state index is 0.0876. The third-order valence-electron chi connectivity index (χ3n) is 2.43. The molecular formula is C13H15Cl2NO3S. The Morgan fingerprint density at radius 3 is 2.65 bits per heavy atom. The van der Waals surface area contributed by atoms with E-state index in [0.29, 0.717) is 0 Å². The van der Waals surface area contributed by atoms with Gasteiger partial charge < -0.3 is 10.4 Å². The minimum atomic E-state index is -1.19. The van der Waals surface area contributed by atoms with E-state index in [1.165, 1.54) is 23.9 Å². The monoisotopic (exact) mass is 335 g/mol. The molecule has 0 fully saturated rings. The Bertz CT molecular complexity index is 509. The fraction of sp³-hybridized carbons (Fsp3) is 0.385. The molecular weight excluding hydrogens is 321 g/mol. The van der Waals surface area contributed by atoms with Gasteiger partial charge in [0.15, 0.2) is 0 Å². The van der Waals surface area contributed by atoms with Crippen LogP contribution in [0, 0.1) is 0 Å². The van der Waals surface area contributed by atoms with Crippen molar-refractivity contribution >= 4 is 52.5 Å². The number of rotatable bonds is 7. The molecule has 0 atom stereocenters. The Morgan fingerprint density at radius 2 is 2.05 bits per heavy atom. The zero-order valence-corrected chi connectivity index (χ0v) is 13.2. The lowest BCUT2D eigenvalue weighted by Crippen LogP contribution is -2.17. The second-order valence-electron chi connectivity index (χ2n) is 4.07. The van der Waals surface area contributed by atoms with Gasteiger partial charge in [-0.15, -0.1) is 0 Å². The summed E-state index contributed by atoms with van der Waals surface area (Å²) in [5.41, 5.74) is -0.0286. The number of unbranched alkanes of at least 4 members (excludes halogenated alkanes) is 1. The van der Waals surface area contributed by atoms with Crippen LogP contribution in [-0.2, 0) is 4.79 Å². The van der Waals surface area contributed by atoms with Gasteiger partial charge in [-0.05, 0) is 24.3 Å². The van der Waals surface area contributed by atoms with E-state index < -0.39 is 5.97 Å². The standard InChI is InChI=1S/C13H15Cl2NO3S/c1-2-3-4-20-7-11(17)16-12-9(13(18)19)5-8(14)6-10(12)15/h5-6H,2-4,7H2,1H3,(H,16,17)(H,18,19). The highest BCUT2D eigenvalue weighted by Crippen LogP contribution is 2.30. The fourth-order valence-corrected chi connectivity index (χ4v) is 2.89. The summed E-state index contributed by atoms with van der Waals surface area (Å²) in [5, 5.41) is 12.0. The second-order valence-corrected chi connectivity index (χ2v) is 6.02. The van der Waals surface area contributed by atoms with Crippen LogP contribution in [0.4, 0.5) is 5.69 Å². The van der Waals surface area contributed by atoms with Crippen LogP contribution in [0.1, 0.15) is 30.1 Å². The number of aromatic carboxylic acids is 1. The number of hydrogen-bond acceptors (Lipinski definition) is 3. The van der Waals surface area contributed by atoms with E-state index in [2.05, 4.69) is 12.2 Å². The number of halogens is 2. The molecule has 0 aromatic heterocycles. The van der Waals surface area contributed by atoms with Gasteiger partial charge in [0.2, 0.25) is 5.91 Å². The van der Waals surface area contributed by atoms with Crippen LogP contribution in [0.3, 0.4) is 0 Å². The van der Waals surface area contributed by atoms with Crippen molar-refractivity contribution in [3.8, 4) is 0 Å². The van der Waals surface area contributed by atoms with Gasteiger partial charge in [-0.3, -0.25) is 4.79 Å². The van der Waals surface area contributed by atoms with Crippen molar-refractivity contribution in [3.63, 3.8) is 0 Å². The average Bonchev–Trinajstić information content (AvgIpc) is 2.37. The van der Waals surface area contributed by atoms with Gasteiger partial charge in [0, 0.05) is 5.02 Å². The molecule has 0 aliphatic rings. The maximum atomic E-state index is 11.8. The first-order valence-electron chi connectivity index (χ1n) is 6.05.